The van der Waals surface area contributed by atoms with E-state index in [0.29, 0.717) is 6.54 Å². The van der Waals surface area contributed by atoms with Gasteiger partial charge in [0.1, 0.15) is 9.84 Å². The molecule has 0 saturated heterocycles. The zero-order valence-corrected chi connectivity index (χ0v) is 9.89. The number of hydrogen-bond donors (Lipinski definition) is 1. The van der Waals surface area contributed by atoms with Crippen LogP contribution in [0.3, 0.4) is 0 Å². The molecule has 0 heterocycles. The van der Waals surface area contributed by atoms with Gasteiger partial charge >= 0.3 is 0 Å². The van der Waals surface area contributed by atoms with Gasteiger partial charge in [-0.3, -0.25) is 0 Å². The first kappa shape index (κ1) is 13.9. The lowest BCUT2D eigenvalue weighted by Gasteiger charge is -2.15. The molecule has 1 N–H and O–H groups in total. The molecule has 0 bridgehead atoms. The van der Waals surface area contributed by atoms with Crippen LogP contribution in [0.2, 0.25) is 0 Å². The maximum atomic E-state index is 10.9. The Balaban J connectivity index is 3.42. The lowest BCUT2D eigenvalue weighted by atomic mass is 10.2. The molecule has 4 nitrogen and oxygen atoms in total. The summed E-state index contributed by atoms with van der Waals surface area (Å²) in [6.07, 6.45) is 4.10. The molecule has 0 atom stereocenters. The van der Waals surface area contributed by atoms with Gasteiger partial charge in [-0.25, -0.2) is 8.42 Å². The zero-order valence-electron chi connectivity index (χ0n) is 9.07. The lowest BCUT2D eigenvalue weighted by molar-refractivity contribution is 0.275. The van der Waals surface area contributed by atoms with Crippen molar-refractivity contribution in [2.45, 2.75) is 19.3 Å². The van der Waals surface area contributed by atoms with E-state index in [2.05, 4.69) is 0 Å². The summed E-state index contributed by atoms with van der Waals surface area (Å²) in [6.45, 7) is 1.74. The monoisotopic (exact) mass is 223 g/mol. The third-order valence-corrected chi connectivity index (χ3v) is 2.97. The summed E-state index contributed by atoms with van der Waals surface area (Å²) in [7, 11) is -0.915. The topological polar surface area (TPSA) is 57.6 Å². The Labute approximate surface area is 86.8 Å². The van der Waals surface area contributed by atoms with Gasteiger partial charge in [0, 0.05) is 19.4 Å². The summed E-state index contributed by atoms with van der Waals surface area (Å²) in [5, 5.41) is 8.55. The highest BCUT2D eigenvalue weighted by atomic mass is 32.2. The van der Waals surface area contributed by atoms with Gasteiger partial charge in [-0.05, 0) is 32.9 Å². The Bertz CT molecular complexity index is 226. The molecule has 0 aromatic heterocycles. The van der Waals surface area contributed by atoms with Gasteiger partial charge in [0.2, 0.25) is 0 Å². The quantitative estimate of drug-likeness (QED) is 0.594. The molecule has 0 amide bonds. The van der Waals surface area contributed by atoms with Crippen molar-refractivity contribution < 1.29 is 13.5 Å². The third-order valence-electron chi connectivity index (χ3n) is 2.04. The molecular weight excluding hydrogens is 202 g/mol. The van der Waals surface area contributed by atoms with Gasteiger partial charge < -0.3 is 10.0 Å². The molecule has 5 heteroatoms. The third kappa shape index (κ3) is 9.95. The van der Waals surface area contributed by atoms with Crippen LogP contribution in [-0.2, 0) is 9.84 Å². The minimum atomic E-state index is -2.84. The molecule has 0 radical (unpaired) electrons. The van der Waals surface area contributed by atoms with E-state index >= 15 is 0 Å². The highest BCUT2D eigenvalue weighted by Crippen LogP contribution is 1.97. The van der Waals surface area contributed by atoms with Crippen LogP contribution in [0.4, 0.5) is 0 Å². The van der Waals surface area contributed by atoms with E-state index in [9.17, 15) is 8.42 Å². The smallest absolute Gasteiger partial charge is 0.148 e. The number of unbranched alkanes of at least 4 members (excludes halogenated alkanes) is 2. The van der Waals surface area contributed by atoms with Crippen molar-refractivity contribution in [3.63, 3.8) is 0 Å². The fraction of sp³-hybridized carbons (Fsp3) is 1.00. The fourth-order valence-electron chi connectivity index (χ4n) is 1.10. The standard InChI is InChI=1S/C9H21NO3S/c1-10(6-4-3-5-8-11)7-9-14(2,12)13/h11H,3-9H2,1-2H3. The Morgan fingerprint density at radius 1 is 1.14 bits per heavy atom. The van der Waals surface area contributed by atoms with E-state index in [1.807, 2.05) is 11.9 Å². The molecule has 0 saturated carbocycles. The predicted octanol–water partition coefficient (Wildman–Crippen LogP) is 0.125. The summed E-state index contributed by atoms with van der Waals surface area (Å²) in [4.78, 5) is 2.01. The Hall–Kier alpha value is -0.130. The van der Waals surface area contributed by atoms with Crippen LogP contribution in [0.15, 0.2) is 0 Å². The molecule has 0 aliphatic carbocycles. The second-order valence-corrected chi connectivity index (χ2v) is 5.98. The fourth-order valence-corrected chi connectivity index (χ4v) is 1.75. The van der Waals surface area contributed by atoms with Gasteiger partial charge in [0.15, 0.2) is 0 Å². The molecular formula is C9H21NO3S. The second-order valence-electron chi connectivity index (χ2n) is 3.72. The minimum absolute atomic E-state index is 0.226. The first-order valence-corrected chi connectivity index (χ1v) is 6.99. The van der Waals surface area contributed by atoms with Gasteiger partial charge in [0.05, 0.1) is 5.75 Å². The summed E-state index contributed by atoms with van der Waals surface area (Å²) in [5.41, 5.74) is 0. The van der Waals surface area contributed by atoms with Crippen molar-refractivity contribution in [3.05, 3.63) is 0 Å². The van der Waals surface area contributed by atoms with Crippen LogP contribution >= 0.6 is 0 Å². The highest BCUT2D eigenvalue weighted by molar-refractivity contribution is 7.90. The van der Waals surface area contributed by atoms with Crippen molar-refractivity contribution in [3.8, 4) is 0 Å². The van der Waals surface area contributed by atoms with Crippen LogP contribution in [0.1, 0.15) is 19.3 Å². The molecule has 0 aliphatic rings. The maximum Gasteiger partial charge on any atom is 0.148 e. The number of nitrogens with zero attached hydrogens (tertiary/aromatic N) is 1. The zero-order chi connectivity index (χ0) is 11.0. The van der Waals surface area contributed by atoms with Gasteiger partial charge in [0.25, 0.3) is 0 Å². The average Bonchev–Trinajstić information content (AvgIpc) is 2.08. The molecule has 14 heavy (non-hydrogen) atoms. The average molecular weight is 223 g/mol. The van der Waals surface area contributed by atoms with Crippen LogP contribution in [0.5, 0.6) is 0 Å². The summed E-state index contributed by atoms with van der Waals surface area (Å²) >= 11 is 0. The van der Waals surface area contributed by atoms with Crippen LogP contribution in [0.25, 0.3) is 0 Å². The minimum Gasteiger partial charge on any atom is -0.396 e. The first-order valence-electron chi connectivity index (χ1n) is 4.93. The van der Waals surface area contributed by atoms with E-state index in [4.69, 9.17) is 5.11 Å². The lowest BCUT2D eigenvalue weighted by Crippen LogP contribution is -2.26. The number of aliphatic hydroxyl groups is 1. The van der Waals surface area contributed by atoms with E-state index in [1.165, 1.54) is 6.26 Å². The summed E-state index contributed by atoms with van der Waals surface area (Å²) in [5.74, 6) is 0.226. The number of sulfone groups is 1. The highest BCUT2D eigenvalue weighted by Gasteiger charge is 2.04. The first-order chi connectivity index (χ1) is 6.45. The molecule has 0 rings (SSSR count). The molecule has 0 aromatic carbocycles. The van der Waals surface area contributed by atoms with Crippen molar-refractivity contribution in [1.82, 2.24) is 4.90 Å². The van der Waals surface area contributed by atoms with E-state index in [-0.39, 0.29) is 12.4 Å². The van der Waals surface area contributed by atoms with Crippen LogP contribution in [-0.4, -0.2) is 57.2 Å². The van der Waals surface area contributed by atoms with Gasteiger partial charge in [-0.1, -0.05) is 0 Å². The van der Waals surface area contributed by atoms with Crippen molar-refractivity contribution in [1.29, 1.82) is 0 Å². The summed E-state index contributed by atoms with van der Waals surface area (Å²) in [6, 6.07) is 0. The second kappa shape index (κ2) is 7.20. The van der Waals surface area contributed by atoms with Gasteiger partial charge in [-0.2, -0.15) is 0 Å². The maximum absolute atomic E-state index is 10.9. The van der Waals surface area contributed by atoms with E-state index in [0.717, 1.165) is 25.8 Å². The SMILES string of the molecule is CN(CCCCCO)CCS(C)(=O)=O. The normalized spacial score (nSPS) is 12.3. The van der Waals surface area contributed by atoms with Crippen molar-refractivity contribution in [2.75, 3.05) is 38.8 Å². The van der Waals surface area contributed by atoms with Gasteiger partial charge in [-0.15, -0.1) is 0 Å². The van der Waals surface area contributed by atoms with E-state index < -0.39 is 9.84 Å². The molecule has 0 fully saturated rings. The largest absolute Gasteiger partial charge is 0.396 e. The number of rotatable bonds is 8. The molecule has 0 spiro atoms. The molecule has 0 aromatic rings. The predicted molar refractivity (Wildman–Crippen MR) is 58.1 cm³/mol. The molecule has 86 valence electrons. The van der Waals surface area contributed by atoms with Crippen LogP contribution < -0.4 is 0 Å². The van der Waals surface area contributed by atoms with E-state index in [1.54, 1.807) is 0 Å². The van der Waals surface area contributed by atoms with Crippen molar-refractivity contribution in [2.24, 2.45) is 0 Å². The molecule has 0 unspecified atom stereocenters. The number of hydrogen-bond acceptors (Lipinski definition) is 4. The number of aliphatic hydroxyl groups excluding tert-OH is 1. The Morgan fingerprint density at radius 2 is 1.79 bits per heavy atom. The van der Waals surface area contributed by atoms with Crippen molar-refractivity contribution >= 4 is 9.84 Å². The van der Waals surface area contributed by atoms with Crippen LogP contribution in [0, 0.1) is 0 Å². The Kier molecular flexibility index (Phi) is 7.13. The summed E-state index contributed by atoms with van der Waals surface area (Å²) < 4.78 is 21.7. The molecule has 0 aliphatic heterocycles. The Morgan fingerprint density at radius 3 is 2.29 bits per heavy atom.